The molecule has 0 bridgehead atoms. The quantitative estimate of drug-likeness (QED) is 0.681. The number of rotatable bonds is 5. The Morgan fingerprint density at radius 3 is 2.73 bits per heavy atom. The molecule has 1 amide bonds. The maximum Gasteiger partial charge on any atom is 0.271 e. The Hall–Kier alpha value is -2.84. The van der Waals surface area contributed by atoms with Gasteiger partial charge in [0.25, 0.3) is 5.91 Å². The third kappa shape index (κ3) is 4.33. The second-order valence-corrected chi connectivity index (χ2v) is 4.63. The topological polar surface area (TPSA) is 74.5 Å². The van der Waals surface area contributed by atoms with Crippen molar-refractivity contribution < 1.29 is 9.53 Å². The summed E-state index contributed by atoms with van der Waals surface area (Å²) in [6.45, 7) is -0.0536. The van der Waals surface area contributed by atoms with Gasteiger partial charge < -0.3 is 4.74 Å². The molecule has 0 saturated carbocycles. The van der Waals surface area contributed by atoms with Crippen LogP contribution >= 0.6 is 11.6 Å². The minimum Gasteiger partial charge on any atom is -0.478 e. The molecule has 1 N–H and O–H groups in total. The van der Waals surface area contributed by atoms with Crippen molar-refractivity contribution in [3.05, 3.63) is 64.7 Å². The molecule has 0 aliphatic carbocycles. The first-order valence-corrected chi connectivity index (χ1v) is 6.76. The highest BCUT2D eigenvalue weighted by Crippen LogP contribution is 2.15. The van der Waals surface area contributed by atoms with Gasteiger partial charge in [0.1, 0.15) is 11.8 Å². The van der Waals surface area contributed by atoms with Gasteiger partial charge in [-0.25, -0.2) is 5.43 Å². The first-order valence-electron chi connectivity index (χ1n) is 6.38. The Morgan fingerprint density at radius 2 is 2.00 bits per heavy atom. The summed E-state index contributed by atoms with van der Waals surface area (Å²) in [5, 5.41) is 13.0. The first-order chi connectivity index (χ1) is 10.7. The number of hydrazone groups is 1. The Balaban J connectivity index is 2.02. The highest BCUT2D eigenvalue weighted by Gasteiger charge is 2.04. The second kappa shape index (κ2) is 7.81. The molecule has 6 heteroatoms. The Kier molecular flexibility index (Phi) is 5.52. The number of nitriles is 1. The largest absolute Gasteiger partial charge is 0.478 e. The average Bonchev–Trinajstić information content (AvgIpc) is 2.54. The van der Waals surface area contributed by atoms with E-state index < -0.39 is 0 Å². The van der Waals surface area contributed by atoms with Gasteiger partial charge in [0.2, 0.25) is 0 Å². The lowest BCUT2D eigenvalue weighted by Crippen LogP contribution is -2.17. The van der Waals surface area contributed by atoms with E-state index in [2.05, 4.69) is 10.5 Å². The number of nitrogens with zero attached hydrogens (tertiary/aromatic N) is 2. The molecular weight excluding hydrogens is 302 g/mol. The van der Waals surface area contributed by atoms with E-state index in [0.717, 1.165) is 0 Å². The predicted molar refractivity (Wildman–Crippen MR) is 84.1 cm³/mol. The minimum atomic E-state index is -0.344. The predicted octanol–water partition coefficient (Wildman–Crippen LogP) is 3.01. The number of hydrogen-bond acceptors (Lipinski definition) is 4. The smallest absolute Gasteiger partial charge is 0.271 e. The maximum absolute atomic E-state index is 11.9. The average molecular weight is 314 g/mol. The van der Waals surface area contributed by atoms with E-state index in [0.29, 0.717) is 21.9 Å². The second-order valence-electron chi connectivity index (χ2n) is 4.19. The zero-order valence-corrected chi connectivity index (χ0v) is 12.2. The van der Waals surface area contributed by atoms with Crippen LogP contribution in [0.4, 0.5) is 0 Å². The van der Waals surface area contributed by atoms with Crippen LogP contribution in [0.25, 0.3) is 0 Å². The summed E-state index contributed by atoms with van der Waals surface area (Å²) in [5.74, 6) is 0.178. The van der Waals surface area contributed by atoms with E-state index in [1.807, 2.05) is 12.1 Å². The van der Waals surface area contributed by atoms with Gasteiger partial charge in [-0.15, -0.1) is 0 Å². The third-order valence-electron chi connectivity index (χ3n) is 2.69. The Labute approximate surface area is 132 Å². The van der Waals surface area contributed by atoms with E-state index in [-0.39, 0.29) is 12.5 Å². The molecule has 2 rings (SSSR count). The molecule has 110 valence electrons. The number of para-hydroxylation sites is 1. The summed E-state index contributed by atoms with van der Waals surface area (Å²) in [7, 11) is 0. The van der Waals surface area contributed by atoms with Crippen molar-refractivity contribution >= 4 is 23.7 Å². The van der Waals surface area contributed by atoms with Crippen LogP contribution in [0.15, 0.2) is 53.6 Å². The van der Waals surface area contributed by atoms with Crippen LogP contribution in [0.2, 0.25) is 5.02 Å². The van der Waals surface area contributed by atoms with Crippen molar-refractivity contribution in [2.24, 2.45) is 5.10 Å². The molecule has 0 fully saturated rings. The zero-order chi connectivity index (χ0) is 15.8. The number of hydrogen-bond donors (Lipinski definition) is 1. The monoisotopic (exact) mass is 313 g/mol. The highest BCUT2D eigenvalue weighted by molar-refractivity contribution is 6.30. The van der Waals surface area contributed by atoms with Crippen molar-refractivity contribution in [3.63, 3.8) is 0 Å². The van der Waals surface area contributed by atoms with E-state index in [9.17, 15) is 4.79 Å². The fourth-order valence-electron chi connectivity index (χ4n) is 1.65. The summed E-state index contributed by atoms with van der Waals surface area (Å²) in [6.07, 6.45) is 1.46. The molecule has 0 aliphatic heterocycles. The number of carbonyl (C=O) groups excluding carboxylic acids is 1. The van der Waals surface area contributed by atoms with Gasteiger partial charge >= 0.3 is 0 Å². The van der Waals surface area contributed by atoms with Crippen molar-refractivity contribution in [3.8, 4) is 11.8 Å². The summed E-state index contributed by atoms with van der Waals surface area (Å²) < 4.78 is 5.26. The van der Waals surface area contributed by atoms with E-state index in [4.69, 9.17) is 21.6 Å². The van der Waals surface area contributed by atoms with Crippen LogP contribution < -0.4 is 10.2 Å². The molecule has 0 unspecified atom stereocenters. The summed E-state index contributed by atoms with van der Waals surface area (Å²) in [5.41, 5.74) is 3.53. The molecule has 22 heavy (non-hydrogen) atoms. The number of benzene rings is 2. The van der Waals surface area contributed by atoms with Crippen LogP contribution in [0.5, 0.6) is 5.75 Å². The van der Waals surface area contributed by atoms with Crippen molar-refractivity contribution in [1.82, 2.24) is 5.43 Å². The van der Waals surface area contributed by atoms with Crippen LogP contribution in [0.3, 0.4) is 0 Å². The number of halogens is 1. The van der Waals surface area contributed by atoms with Gasteiger partial charge in [-0.05, 0) is 36.4 Å². The summed E-state index contributed by atoms with van der Waals surface area (Å²) >= 11 is 5.76. The van der Waals surface area contributed by atoms with Crippen molar-refractivity contribution in [2.45, 2.75) is 0 Å². The molecule has 2 aromatic carbocycles. The highest BCUT2D eigenvalue weighted by atomic mass is 35.5. The van der Waals surface area contributed by atoms with E-state index >= 15 is 0 Å². The lowest BCUT2D eigenvalue weighted by molar-refractivity contribution is 0.0955. The number of ether oxygens (including phenoxy) is 1. The van der Waals surface area contributed by atoms with Gasteiger partial charge in [-0.1, -0.05) is 23.7 Å². The molecular formula is C16H12ClN3O2. The molecule has 0 aromatic heterocycles. The Bertz CT molecular complexity index is 721. The number of carbonyl (C=O) groups is 1. The molecule has 0 aliphatic rings. The van der Waals surface area contributed by atoms with Gasteiger partial charge in [0.15, 0.2) is 6.61 Å². The third-order valence-corrected chi connectivity index (χ3v) is 2.94. The van der Waals surface area contributed by atoms with Gasteiger partial charge in [-0.2, -0.15) is 10.4 Å². The van der Waals surface area contributed by atoms with Crippen molar-refractivity contribution in [1.29, 1.82) is 5.26 Å². The molecule has 0 spiro atoms. The van der Waals surface area contributed by atoms with Crippen LogP contribution in [0, 0.1) is 11.3 Å². The lowest BCUT2D eigenvalue weighted by atomic mass is 10.2. The van der Waals surface area contributed by atoms with Crippen LogP contribution in [0.1, 0.15) is 15.9 Å². The van der Waals surface area contributed by atoms with Gasteiger partial charge in [0, 0.05) is 16.1 Å². The number of nitrogens with one attached hydrogen (secondary N) is 1. The lowest BCUT2D eigenvalue weighted by Gasteiger charge is -2.05. The summed E-state index contributed by atoms with van der Waals surface area (Å²) in [4.78, 5) is 11.9. The first kappa shape index (κ1) is 15.5. The fraction of sp³-hybridized carbons (Fsp3) is 0.0625. The molecule has 0 radical (unpaired) electrons. The van der Waals surface area contributed by atoms with Crippen LogP contribution in [-0.2, 0) is 0 Å². The van der Waals surface area contributed by atoms with Crippen LogP contribution in [-0.4, -0.2) is 18.7 Å². The minimum absolute atomic E-state index is 0.0536. The van der Waals surface area contributed by atoms with E-state index in [1.54, 1.807) is 42.5 Å². The fourth-order valence-corrected chi connectivity index (χ4v) is 1.78. The SMILES string of the molecule is N#CCOc1ccccc1/C=N\NC(=O)c1ccc(Cl)cc1. The number of amides is 1. The molecule has 0 saturated heterocycles. The van der Waals surface area contributed by atoms with Gasteiger partial charge in [0.05, 0.1) is 6.21 Å². The normalized spacial score (nSPS) is 10.2. The standard InChI is InChI=1S/C16H12ClN3O2/c17-14-7-5-12(6-8-14)16(21)20-19-11-13-3-1-2-4-15(13)22-10-9-18/h1-8,11H,10H2,(H,20,21)/b19-11-. The molecule has 5 nitrogen and oxygen atoms in total. The maximum atomic E-state index is 11.9. The van der Waals surface area contributed by atoms with E-state index in [1.165, 1.54) is 6.21 Å². The molecule has 2 aromatic rings. The zero-order valence-electron chi connectivity index (χ0n) is 11.5. The Morgan fingerprint density at radius 1 is 1.27 bits per heavy atom. The van der Waals surface area contributed by atoms with Crippen molar-refractivity contribution in [2.75, 3.05) is 6.61 Å². The van der Waals surface area contributed by atoms with Gasteiger partial charge in [-0.3, -0.25) is 4.79 Å². The molecule has 0 heterocycles. The summed E-state index contributed by atoms with van der Waals surface area (Å²) in [6, 6.07) is 15.5. The molecule has 0 atom stereocenters.